The van der Waals surface area contributed by atoms with E-state index in [0.717, 1.165) is 30.9 Å². The topological polar surface area (TPSA) is 57.6 Å². The zero-order chi connectivity index (χ0) is 18.6. The highest BCUT2D eigenvalue weighted by atomic mass is 19.4. The van der Waals surface area contributed by atoms with E-state index in [1.807, 2.05) is 0 Å². The van der Waals surface area contributed by atoms with Crippen LogP contribution < -0.4 is 5.32 Å². The Labute approximate surface area is 149 Å². The molecule has 140 valence electrons. The van der Waals surface area contributed by atoms with E-state index in [1.54, 1.807) is 24.3 Å². The van der Waals surface area contributed by atoms with Gasteiger partial charge in [0.15, 0.2) is 0 Å². The van der Waals surface area contributed by atoms with Crippen molar-refractivity contribution in [2.24, 2.45) is 0 Å². The van der Waals surface area contributed by atoms with Crippen molar-refractivity contribution in [2.75, 3.05) is 38.2 Å². The number of morpholine rings is 1. The molecule has 0 amide bonds. The van der Waals surface area contributed by atoms with Gasteiger partial charge < -0.3 is 15.2 Å². The molecule has 1 aliphatic rings. The Kier molecular flexibility index (Phi) is 5.75. The Morgan fingerprint density at radius 1 is 1.08 bits per heavy atom. The lowest BCUT2D eigenvalue weighted by Crippen LogP contribution is -2.38. The maximum atomic E-state index is 12.5. The first kappa shape index (κ1) is 18.6. The van der Waals surface area contributed by atoms with Crippen LogP contribution in [-0.4, -0.2) is 47.8 Å². The van der Waals surface area contributed by atoms with Gasteiger partial charge >= 0.3 is 6.18 Å². The third-order valence-electron chi connectivity index (χ3n) is 4.17. The Bertz CT molecular complexity index is 699. The Morgan fingerprint density at radius 3 is 2.31 bits per heavy atom. The van der Waals surface area contributed by atoms with Gasteiger partial charge in [-0.05, 0) is 29.8 Å². The summed E-state index contributed by atoms with van der Waals surface area (Å²) in [5.74, 6) is 0. The molecule has 0 bridgehead atoms. The molecule has 0 saturated carbocycles. The molecule has 1 fully saturated rings. The van der Waals surface area contributed by atoms with Crippen LogP contribution in [0.15, 0.2) is 42.6 Å². The van der Waals surface area contributed by atoms with Gasteiger partial charge in [0.25, 0.3) is 0 Å². The third kappa shape index (κ3) is 4.94. The first-order chi connectivity index (χ1) is 12.4. The summed E-state index contributed by atoms with van der Waals surface area (Å²) in [4.78, 5) is 5.56. The Balaban J connectivity index is 1.58. The smallest absolute Gasteiger partial charge is 0.387 e. The van der Waals surface area contributed by atoms with Crippen LogP contribution in [0, 0.1) is 0 Å². The van der Waals surface area contributed by atoms with E-state index in [0.29, 0.717) is 31.1 Å². The van der Waals surface area contributed by atoms with Gasteiger partial charge in [0.2, 0.25) is 0 Å². The molecule has 0 aliphatic carbocycles. The highest BCUT2D eigenvalue weighted by molar-refractivity contribution is 5.59. The summed E-state index contributed by atoms with van der Waals surface area (Å²) in [5, 5.41) is 13.3. The fourth-order valence-corrected chi connectivity index (χ4v) is 2.72. The van der Waals surface area contributed by atoms with Gasteiger partial charge in [-0.1, -0.05) is 12.1 Å². The number of ether oxygens (including phenoxy) is 1. The second-order valence-electron chi connectivity index (χ2n) is 6.11. The zero-order valence-electron chi connectivity index (χ0n) is 14.0. The van der Waals surface area contributed by atoms with Gasteiger partial charge in [0, 0.05) is 25.3 Å². The van der Waals surface area contributed by atoms with Crippen molar-refractivity contribution >= 4 is 11.4 Å². The van der Waals surface area contributed by atoms with Gasteiger partial charge in [0.05, 0.1) is 31.2 Å². The molecule has 8 heteroatoms. The molecule has 1 aromatic carbocycles. The van der Waals surface area contributed by atoms with Crippen molar-refractivity contribution in [1.29, 1.82) is 0 Å². The minimum Gasteiger partial charge on any atom is -0.387 e. The Morgan fingerprint density at radius 2 is 1.73 bits per heavy atom. The molecule has 1 atom stereocenters. The predicted octanol–water partition coefficient (Wildman–Crippen LogP) is 3.21. The number of hydrogen-bond acceptors (Lipinski definition) is 5. The van der Waals surface area contributed by atoms with Crippen molar-refractivity contribution in [1.82, 2.24) is 9.88 Å². The SMILES string of the molecule is OC(CN1CCOCC1)c1ccc(Nc2ccc(C(F)(F)F)nc2)cc1. The summed E-state index contributed by atoms with van der Waals surface area (Å²) in [6, 6.07) is 9.40. The highest BCUT2D eigenvalue weighted by Gasteiger charge is 2.32. The second-order valence-corrected chi connectivity index (χ2v) is 6.11. The molecule has 1 unspecified atom stereocenters. The molecular weight excluding hydrogens is 347 g/mol. The predicted molar refractivity (Wildman–Crippen MR) is 91.2 cm³/mol. The molecule has 3 rings (SSSR count). The average Bonchev–Trinajstić information content (AvgIpc) is 2.63. The largest absolute Gasteiger partial charge is 0.433 e. The van der Waals surface area contributed by atoms with Gasteiger partial charge in [-0.15, -0.1) is 0 Å². The monoisotopic (exact) mass is 367 g/mol. The molecular formula is C18H20F3N3O2. The molecule has 1 saturated heterocycles. The van der Waals surface area contributed by atoms with Crippen LogP contribution in [0.25, 0.3) is 0 Å². The zero-order valence-corrected chi connectivity index (χ0v) is 14.0. The van der Waals surface area contributed by atoms with Crippen molar-refractivity contribution in [2.45, 2.75) is 12.3 Å². The maximum absolute atomic E-state index is 12.5. The molecule has 0 spiro atoms. The van der Waals surface area contributed by atoms with Crippen LogP contribution >= 0.6 is 0 Å². The minimum atomic E-state index is -4.45. The van der Waals surface area contributed by atoms with Crippen LogP contribution in [0.4, 0.5) is 24.5 Å². The van der Waals surface area contributed by atoms with E-state index in [1.165, 1.54) is 6.07 Å². The summed E-state index contributed by atoms with van der Waals surface area (Å²) >= 11 is 0. The van der Waals surface area contributed by atoms with Crippen LogP contribution in [0.3, 0.4) is 0 Å². The molecule has 0 radical (unpaired) electrons. The fraction of sp³-hybridized carbons (Fsp3) is 0.389. The summed E-state index contributed by atoms with van der Waals surface area (Å²) in [5.41, 5.74) is 1.02. The van der Waals surface area contributed by atoms with Crippen molar-refractivity contribution in [3.63, 3.8) is 0 Å². The van der Waals surface area contributed by atoms with E-state index >= 15 is 0 Å². The van der Waals surface area contributed by atoms with Crippen molar-refractivity contribution in [3.8, 4) is 0 Å². The van der Waals surface area contributed by atoms with E-state index in [4.69, 9.17) is 4.74 Å². The van der Waals surface area contributed by atoms with Gasteiger partial charge in [-0.2, -0.15) is 13.2 Å². The number of pyridine rings is 1. The third-order valence-corrected chi connectivity index (χ3v) is 4.17. The summed E-state index contributed by atoms with van der Waals surface area (Å²) in [6.07, 6.45) is -3.91. The highest BCUT2D eigenvalue weighted by Crippen LogP contribution is 2.28. The first-order valence-electron chi connectivity index (χ1n) is 8.30. The number of nitrogens with one attached hydrogen (secondary N) is 1. The lowest BCUT2D eigenvalue weighted by Gasteiger charge is -2.28. The van der Waals surface area contributed by atoms with Crippen molar-refractivity contribution < 1.29 is 23.0 Å². The minimum absolute atomic E-state index is 0.458. The van der Waals surface area contributed by atoms with Gasteiger partial charge in [-0.25, -0.2) is 4.98 Å². The number of nitrogens with zero attached hydrogens (tertiary/aromatic N) is 2. The van der Waals surface area contributed by atoms with Crippen LogP contribution in [0.2, 0.25) is 0 Å². The molecule has 2 N–H and O–H groups in total. The number of anilines is 2. The number of aliphatic hydroxyl groups excluding tert-OH is 1. The molecule has 26 heavy (non-hydrogen) atoms. The number of benzene rings is 1. The van der Waals surface area contributed by atoms with Crippen molar-refractivity contribution in [3.05, 3.63) is 53.9 Å². The summed E-state index contributed by atoms with van der Waals surface area (Å²) in [7, 11) is 0. The normalized spacial score (nSPS) is 17.1. The molecule has 1 aliphatic heterocycles. The summed E-state index contributed by atoms with van der Waals surface area (Å²) < 4.78 is 42.8. The molecule has 1 aromatic heterocycles. The standard InChI is InChI=1S/C18H20F3N3O2/c19-18(20,21)17-6-5-15(11-22-17)23-14-3-1-13(2-4-14)16(25)12-24-7-9-26-10-8-24/h1-6,11,16,23,25H,7-10,12H2. The lowest BCUT2D eigenvalue weighted by atomic mass is 10.1. The van der Waals surface area contributed by atoms with E-state index < -0.39 is 18.0 Å². The van der Waals surface area contributed by atoms with E-state index in [-0.39, 0.29) is 0 Å². The number of rotatable bonds is 5. The van der Waals surface area contributed by atoms with Crippen LogP contribution in [0.5, 0.6) is 0 Å². The van der Waals surface area contributed by atoms with E-state index in [9.17, 15) is 18.3 Å². The van der Waals surface area contributed by atoms with E-state index in [2.05, 4.69) is 15.2 Å². The lowest BCUT2D eigenvalue weighted by molar-refractivity contribution is -0.141. The quantitative estimate of drug-likeness (QED) is 0.850. The number of aromatic nitrogens is 1. The average molecular weight is 367 g/mol. The maximum Gasteiger partial charge on any atom is 0.433 e. The summed E-state index contributed by atoms with van der Waals surface area (Å²) in [6.45, 7) is 3.50. The van der Waals surface area contributed by atoms with Crippen LogP contribution in [0.1, 0.15) is 17.4 Å². The number of halogens is 3. The second kappa shape index (κ2) is 8.03. The van der Waals surface area contributed by atoms with Gasteiger partial charge in [0.1, 0.15) is 5.69 Å². The first-order valence-corrected chi connectivity index (χ1v) is 8.30. The molecule has 2 aromatic rings. The number of β-amino-alcohol motifs (C(OH)–C–C–N with tert-alkyl or cyclic N) is 1. The van der Waals surface area contributed by atoms with Crippen LogP contribution in [-0.2, 0) is 10.9 Å². The number of hydrogen-bond donors (Lipinski definition) is 2. The fourth-order valence-electron chi connectivity index (χ4n) is 2.72. The molecule has 2 heterocycles. The molecule has 5 nitrogen and oxygen atoms in total. The number of alkyl halides is 3. The Hall–Kier alpha value is -2.16. The number of aliphatic hydroxyl groups is 1. The van der Waals surface area contributed by atoms with Gasteiger partial charge in [-0.3, -0.25) is 4.90 Å².